The summed E-state index contributed by atoms with van der Waals surface area (Å²) in [7, 11) is 2.18. The van der Waals surface area contributed by atoms with Gasteiger partial charge in [0.1, 0.15) is 5.82 Å². The summed E-state index contributed by atoms with van der Waals surface area (Å²) in [5.74, 6) is 0.423. The summed E-state index contributed by atoms with van der Waals surface area (Å²) in [6.45, 7) is 7.78. The van der Waals surface area contributed by atoms with Crippen LogP contribution >= 0.6 is 0 Å². The Balaban J connectivity index is 1.37. The molecule has 2 saturated heterocycles. The van der Waals surface area contributed by atoms with Gasteiger partial charge in [-0.3, -0.25) is 0 Å². The number of benzene rings is 1. The molecule has 0 aromatic heterocycles. The summed E-state index contributed by atoms with van der Waals surface area (Å²) in [5, 5.41) is 2.90. The lowest BCUT2D eigenvalue weighted by Gasteiger charge is -2.37. The maximum atomic E-state index is 13.2. The molecule has 0 unspecified atom stereocenters. The number of likely N-dealkylation sites (tertiary alicyclic amines) is 1. The normalized spacial score (nSPS) is 20.6. The van der Waals surface area contributed by atoms with Crippen LogP contribution in [0.1, 0.15) is 18.4 Å². The highest BCUT2D eigenvalue weighted by Crippen LogP contribution is 2.19. The number of carbonyl (C=O) groups excluding carboxylic acids is 1. The third kappa shape index (κ3) is 5.41. The number of piperazine rings is 1. The molecule has 1 aromatic carbocycles. The molecule has 5 nitrogen and oxygen atoms in total. The Hall–Kier alpha value is -1.66. The maximum Gasteiger partial charge on any atom is 0.317 e. The Kier molecular flexibility index (Phi) is 6.26. The molecule has 0 bridgehead atoms. The van der Waals surface area contributed by atoms with Gasteiger partial charge in [-0.15, -0.1) is 0 Å². The molecule has 2 aliphatic rings. The van der Waals surface area contributed by atoms with Crippen molar-refractivity contribution < 1.29 is 9.18 Å². The number of hydrogen-bond donors (Lipinski definition) is 1. The molecule has 6 heteroatoms. The first kappa shape index (κ1) is 18.1. The molecule has 0 radical (unpaired) electrons. The van der Waals surface area contributed by atoms with Crippen molar-refractivity contribution in [3.63, 3.8) is 0 Å². The van der Waals surface area contributed by atoms with Crippen LogP contribution in [-0.2, 0) is 6.54 Å². The SMILES string of the molecule is CN1CCN(CC2CCN(C(=O)NCc3cccc(F)c3)CC2)CC1. The van der Waals surface area contributed by atoms with Crippen LogP contribution in [0.25, 0.3) is 0 Å². The number of rotatable bonds is 4. The Bertz CT molecular complexity index is 566. The molecule has 2 amide bonds. The van der Waals surface area contributed by atoms with E-state index < -0.39 is 0 Å². The van der Waals surface area contributed by atoms with Crippen molar-refractivity contribution >= 4 is 6.03 Å². The Morgan fingerprint density at radius 3 is 2.56 bits per heavy atom. The standard InChI is InChI=1S/C19H29FN4O/c1-22-9-11-23(12-10-22)15-16-5-7-24(8-6-16)19(25)21-14-17-3-2-4-18(20)13-17/h2-4,13,16H,5-12,14-15H2,1H3,(H,21,25). The summed E-state index contributed by atoms with van der Waals surface area (Å²) in [6.07, 6.45) is 2.14. The van der Waals surface area contributed by atoms with Crippen molar-refractivity contribution in [2.24, 2.45) is 5.92 Å². The number of likely N-dealkylation sites (N-methyl/N-ethyl adjacent to an activating group) is 1. The van der Waals surface area contributed by atoms with E-state index in [1.165, 1.54) is 12.1 Å². The van der Waals surface area contributed by atoms with Gasteiger partial charge in [0, 0.05) is 52.4 Å². The van der Waals surface area contributed by atoms with Crippen molar-refractivity contribution in [2.75, 3.05) is 52.9 Å². The molecule has 25 heavy (non-hydrogen) atoms. The summed E-state index contributed by atoms with van der Waals surface area (Å²) in [5.41, 5.74) is 0.790. The molecule has 0 aliphatic carbocycles. The Morgan fingerprint density at radius 1 is 1.16 bits per heavy atom. The van der Waals surface area contributed by atoms with Gasteiger partial charge in [0.2, 0.25) is 0 Å². The number of nitrogens with zero attached hydrogens (tertiary/aromatic N) is 3. The van der Waals surface area contributed by atoms with Crippen LogP contribution in [0.3, 0.4) is 0 Å². The number of nitrogens with one attached hydrogen (secondary N) is 1. The number of amides is 2. The predicted molar refractivity (Wildman–Crippen MR) is 96.9 cm³/mol. The van der Waals surface area contributed by atoms with Gasteiger partial charge in [-0.25, -0.2) is 9.18 Å². The van der Waals surface area contributed by atoms with Crippen LogP contribution in [0.5, 0.6) is 0 Å². The average molecular weight is 348 g/mol. The topological polar surface area (TPSA) is 38.8 Å². The quantitative estimate of drug-likeness (QED) is 0.905. The van der Waals surface area contributed by atoms with Crippen LogP contribution in [0.4, 0.5) is 9.18 Å². The second-order valence-electron chi connectivity index (χ2n) is 7.32. The van der Waals surface area contributed by atoms with Crippen molar-refractivity contribution in [3.8, 4) is 0 Å². The third-order valence-corrected chi connectivity index (χ3v) is 5.35. The first-order chi connectivity index (χ1) is 12.1. The summed E-state index contributed by atoms with van der Waals surface area (Å²) < 4.78 is 13.2. The largest absolute Gasteiger partial charge is 0.334 e. The van der Waals surface area contributed by atoms with E-state index >= 15 is 0 Å². The minimum atomic E-state index is -0.267. The zero-order chi connectivity index (χ0) is 17.6. The highest BCUT2D eigenvalue weighted by Gasteiger charge is 2.25. The molecule has 0 spiro atoms. The number of halogens is 1. The number of carbonyl (C=O) groups is 1. The fourth-order valence-corrected chi connectivity index (χ4v) is 3.65. The highest BCUT2D eigenvalue weighted by molar-refractivity contribution is 5.74. The van der Waals surface area contributed by atoms with Crippen LogP contribution in [0, 0.1) is 11.7 Å². The smallest absolute Gasteiger partial charge is 0.317 e. The second kappa shape index (κ2) is 8.63. The number of piperidine rings is 1. The van der Waals surface area contributed by atoms with Gasteiger partial charge in [0.25, 0.3) is 0 Å². The van der Waals surface area contributed by atoms with E-state index in [9.17, 15) is 9.18 Å². The molecule has 2 aliphatic heterocycles. The van der Waals surface area contributed by atoms with E-state index in [-0.39, 0.29) is 11.8 Å². The Labute approximate surface area is 149 Å². The molecule has 0 saturated carbocycles. The molecule has 1 aromatic rings. The molecule has 1 N–H and O–H groups in total. The van der Waals surface area contributed by atoms with E-state index in [1.807, 2.05) is 11.0 Å². The minimum Gasteiger partial charge on any atom is -0.334 e. The number of urea groups is 1. The van der Waals surface area contributed by atoms with Crippen molar-refractivity contribution in [3.05, 3.63) is 35.6 Å². The first-order valence-corrected chi connectivity index (χ1v) is 9.28. The van der Waals surface area contributed by atoms with E-state index in [0.29, 0.717) is 12.5 Å². The van der Waals surface area contributed by atoms with Gasteiger partial charge >= 0.3 is 6.03 Å². The lowest BCUT2D eigenvalue weighted by molar-refractivity contribution is 0.111. The summed E-state index contributed by atoms with van der Waals surface area (Å²) in [4.78, 5) is 19.1. The van der Waals surface area contributed by atoms with E-state index in [1.54, 1.807) is 6.07 Å². The highest BCUT2D eigenvalue weighted by atomic mass is 19.1. The molecular formula is C19H29FN4O. The van der Waals surface area contributed by atoms with E-state index in [2.05, 4.69) is 22.2 Å². The van der Waals surface area contributed by atoms with Crippen LogP contribution in [-0.4, -0.2) is 73.6 Å². The minimum absolute atomic E-state index is 0.0395. The van der Waals surface area contributed by atoms with Gasteiger partial charge < -0.3 is 20.0 Å². The van der Waals surface area contributed by atoms with Gasteiger partial charge in [0.15, 0.2) is 0 Å². The molecular weight excluding hydrogens is 319 g/mol. The van der Waals surface area contributed by atoms with Gasteiger partial charge in [-0.05, 0) is 43.5 Å². The predicted octanol–water partition coefficient (Wildman–Crippen LogP) is 1.99. The monoisotopic (exact) mass is 348 g/mol. The first-order valence-electron chi connectivity index (χ1n) is 9.28. The molecule has 3 rings (SSSR count). The fourth-order valence-electron chi connectivity index (χ4n) is 3.65. The summed E-state index contributed by atoms with van der Waals surface area (Å²) in [6, 6.07) is 6.33. The second-order valence-corrected chi connectivity index (χ2v) is 7.32. The average Bonchev–Trinajstić information content (AvgIpc) is 2.62. The zero-order valence-electron chi connectivity index (χ0n) is 15.1. The van der Waals surface area contributed by atoms with Gasteiger partial charge in [-0.1, -0.05) is 12.1 Å². The molecule has 2 heterocycles. The molecule has 2 fully saturated rings. The molecule has 0 atom stereocenters. The lowest BCUT2D eigenvalue weighted by Crippen LogP contribution is -2.49. The zero-order valence-corrected chi connectivity index (χ0v) is 15.1. The van der Waals surface area contributed by atoms with Crippen molar-refractivity contribution in [1.29, 1.82) is 0 Å². The maximum absolute atomic E-state index is 13.2. The van der Waals surface area contributed by atoms with E-state index in [4.69, 9.17) is 0 Å². The van der Waals surface area contributed by atoms with Crippen molar-refractivity contribution in [1.82, 2.24) is 20.0 Å². The van der Waals surface area contributed by atoms with Crippen LogP contribution < -0.4 is 5.32 Å². The van der Waals surface area contributed by atoms with Crippen LogP contribution in [0.15, 0.2) is 24.3 Å². The van der Waals surface area contributed by atoms with E-state index in [0.717, 1.165) is 64.2 Å². The van der Waals surface area contributed by atoms with Crippen LogP contribution in [0.2, 0.25) is 0 Å². The number of hydrogen-bond acceptors (Lipinski definition) is 3. The molecule has 138 valence electrons. The Morgan fingerprint density at radius 2 is 1.88 bits per heavy atom. The fraction of sp³-hybridized carbons (Fsp3) is 0.632. The van der Waals surface area contributed by atoms with Gasteiger partial charge in [0.05, 0.1) is 0 Å². The van der Waals surface area contributed by atoms with Crippen molar-refractivity contribution in [2.45, 2.75) is 19.4 Å². The lowest BCUT2D eigenvalue weighted by atomic mass is 9.96. The third-order valence-electron chi connectivity index (χ3n) is 5.35. The van der Waals surface area contributed by atoms with Gasteiger partial charge in [-0.2, -0.15) is 0 Å². The summed E-state index contributed by atoms with van der Waals surface area (Å²) >= 11 is 0.